The van der Waals surface area contributed by atoms with E-state index in [1.54, 1.807) is 0 Å². The molecule has 0 radical (unpaired) electrons. The first-order valence-corrected chi connectivity index (χ1v) is 8.26. The molecule has 1 saturated heterocycles. The predicted octanol–water partition coefficient (Wildman–Crippen LogP) is 1.55. The molecule has 4 aliphatic rings. The molecule has 1 aliphatic heterocycles. The highest BCUT2D eigenvalue weighted by molar-refractivity contribution is 5.81. The lowest BCUT2D eigenvalue weighted by Crippen LogP contribution is -2.56. The maximum absolute atomic E-state index is 12.2. The van der Waals surface area contributed by atoms with Crippen LogP contribution in [0, 0.1) is 23.2 Å². The first-order valence-electron chi connectivity index (χ1n) is 8.26. The molecule has 3 saturated carbocycles. The van der Waals surface area contributed by atoms with Crippen molar-refractivity contribution < 1.29 is 19.4 Å². The molecular formula is C16H26N2O4. The van der Waals surface area contributed by atoms with E-state index < -0.39 is 12.2 Å². The number of carbonyl (C=O) groups excluding carboxylic acids is 1. The maximum atomic E-state index is 12.2. The summed E-state index contributed by atoms with van der Waals surface area (Å²) in [6.07, 6.45) is 2.08. The number of carbonyl (C=O) groups is 2. The molecule has 6 nitrogen and oxygen atoms in total. The van der Waals surface area contributed by atoms with Crippen molar-refractivity contribution in [2.45, 2.75) is 39.2 Å². The fraction of sp³-hybridized carbons (Fsp3) is 0.875. The van der Waals surface area contributed by atoms with Crippen LogP contribution in [0.4, 0.5) is 4.79 Å². The second-order valence-corrected chi connectivity index (χ2v) is 7.53. The van der Waals surface area contributed by atoms with Gasteiger partial charge in [0.2, 0.25) is 0 Å². The lowest BCUT2D eigenvalue weighted by Gasteiger charge is -2.60. The van der Waals surface area contributed by atoms with Gasteiger partial charge in [-0.05, 0) is 42.4 Å². The maximum Gasteiger partial charge on any atom is 0.407 e. The van der Waals surface area contributed by atoms with Gasteiger partial charge in [-0.25, -0.2) is 4.79 Å². The number of nitrogens with one attached hydrogen (secondary N) is 1. The molecule has 4 atom stereocenters. The third kappa shape index (κ3) is 2.69. The van der Waals surface area contributed by atoms with E-state index in [-0.39, 0.29) is 19.1 Å². The Hall–Kier alpha value is -1.30. The van der Waals surface area contributed by atoms with Crippen molar-refractivity contribution in [3.63, 3.8) is 0 Å². The van der Waals surface area contributed by atoms with E-state index in [4.69, 9.17) is 9.84 Å². The minimum atomic E-state index is -0.990. The smallest absolute Gasteiger partial charge is 0.407 e. The van der Waals surface area contributed by atoms with Crippen LogP contribution >= 0.6 is 0 Å². The highest BCUT2D eigenvalue weighted by Gasteiger charge is 2.54. The Balaban J connectivity index is 1.49. The number of ether oxygens (including phenoxy) is 1. The number of hydrogen-bond acceptors (Lipinski definition) is 3. The van der Waals surface area contributed by atoms with E-state index >= 15 is 0 Å². The van der Waals surface area contributed by atoms with Crippen molar-refractivity contribution in [2.24, 2.45) is 23.2 Å². The normalized spacial score (nSPS) is 36.4. The summed E-state index contributed by atoms with van der Waals surface area (Å²) in [5.41, 5.74) is 0.412. The van der Waals surface area contributed by atoms with E-state index in [1.807, 2.05) is 0 Å². The zero-order valence-corrected chi connectivity index (χ0v) is 13.4. The number of hydrogen-bond donors (Lipinski definition) is 2. The van der Waals surface area contributed by atoms with Crippen LogP contribution in [-0.2, 0) is 9.53 Å². The molecule has 3 aliphatic carbocycles. The second kappa shape index (κ2) is 5.72. The van der Waals surface area contributed by atoms with Gasteiger partial charge in [0.1, 0.15) is 0 Å². The Morgan fingerprint density at radius 2 is 2.14 bits per heavy atom. The lowest BCUT2D eigenvalue weighted by molar-refractivity contribution is -0.139. The second-order valence-electron chi connectivity index (χ2n) is 7.53. The fourth-order valence-electron chi connectivity index (χ4n) is 4.53. The molecule has 2 bridgehead atoms. The molecular weight excluding hydrogens is 284 g/mol. The van der Waals surface area contributed by atoms with Crippen LogP contribution in [0.1, 0.15) is 33.1 Å². The van der Waals surface area contributed by atoms with Gasteiger partial charge in [0.05, 0.1) is 13.2 Å². The SMILES string of the molecule is CC1(C)[C@H]2CC[C@@H](CNC(=O)C3CN(C(=O)O)CCO3)[C@@H]1C2. The number of amides is 2. The molecule has 0 aromatic rings. The largest absolute Gasteiger partial charge is 0.465 e. The van der Waals surface area contributed by atoms with Gasteiger partial charge in [0.25, 0.3) is 5.91 Å². The van der Waals surface area contributed by atoms with Crippen LogP contribution in [0.3, 0.4) is 0 Å². The lowest BCUT2D eigenvalue weighted by atomic mass is 9.45. The van der Waals surface area contributed by atoms with Crippen LogP contribution in [-0.4, -0.2) is 54.4 Å². The van der Waals surface area contributed by atoms with Gasteiger partial charge in [-0.15, -0.1) is 0 Å². The Bertz CT molecular complexity index is 463. The van der Waals surface area contributed by atoms with Crippen molar-refractivity contribution in [3.05, 3.63) is 0 Å². The fourth-order valence-corrected chi connectivity index (χ4v) is 4.53. The topological polar surface area (TPSA) is 78.9 Å². The molecule has 1 unspecified atom stereocenters. The van der Waals surface area contributed by atoms with E-state index in [0.29, 0.717) is 30.3 Å². The molecule has 2 amide bonds. The average molecular weight is 310 g/mol. The zero-order valence-electron chi connectivity index (χ0n) is 13.4. The van der Waals surface area contributed by atoms with Gasteiger partial charge in [-0.2, -0.15) is 0 Å². The van der Waals surface area contributed by atoms with Crippen molar-refractivity contribution in [3.8, 4) is 0 Å². The number of fused-ring (bicyclic) bond motifs is 2. The Labute approximate surface area is 131 Å². The van der Waals surface area contributed by atoms with Crippen molar-refractivity contribution >= 4 is 12.0 Å². The van der Waals surface area contributed by atoms with E-state index in [0.717, 1.165) is 5.92 Å². The van der Waals surface area contributed by atoms with Gasteiger partial charge in [0, 0.05) is 13.1 Å². The summed E-state index contributed by atoms with van der Waals surface area (Å²) in [4.78, 5) is 24.5. The van der Waals surface area contributed by atoms with Crippen molar-refractivity contribution in [1.29, 1.82) is 0 Å². The molecule has 1 heterocycles. The summed E-state index contributed by atoms with van der Waals surface area (Å²) in [7, 11) is 0. The zero-order chi connectivity index (χ0) is 15.9. The van der Waals surface area contributed by atoms with Gasteiger partial charge in [-0.3, -0.25) is 4.79 Å². The third-order valence-corrected chi connectivity index (χ3v) is 6.17. The number of rotatable bonds is 3. The molecule has 0 aromatic carbocycles. The van der Waals surface area contributed by atoms with Crippen LogP contribution in [0.15, 0.2) is 0 Å². The molecule has 6 heteroatoms. The Morgan fingerprint density at radius 1 is 1.36 bits per heavy atom. The van der Waals surface area contributed by atoms with Crippen LogP contribution < -0.4 is 5.32 Å². The summed E-state index contributed by atoms with van der Waals surface area (Å²) < 4.78 is 5.42. The molecule has 0 aromatic heterocycles. The van der Waals surface area contributed by atoms with E-state index in [9.17, 15) is 9.59 Å². The molecule has 22 heavy (non-hydrogen) atoms. The van der Waals surface area contributed by atoms with Crippen LogP contribution in [0.2, 0.25) is 0 Å². The third-order valence-electron chi connectivity index (χ3n) is 6.17. The van der Waals surface area contributed by atoms with Gasteiger partial charge >= 0.3 is 6.09 Å². The number of nitrogens with zero attached hydrogens (tertiary/aromatic N) is 1. The highest BCUT2D eigenvalue weighted by atomic mass is 16.5. The molecule has 124 valence electrons. The van der Waals surface area contributed by atoms with Crippen molar-refractivity contribution in [2.75, 3.05) is 26.2 Å². The Morgan fingerprint density at radius 3 is 2.77 bits per heavy atom. The van der Waals surface area contributed by atoms with E-state index in [2.05, 4.69) is 19.2 Å². The summed E-state index contributed by atoms with van der Waals surface area (Å²) in [6.45, 7) is 6.11. The minimum absolute atomic E-state index is 0.128. The molecule has 2 N–H and O–H groups in total. The average Bonchev–Trinajstić information content (AvgIpc) is 2.52. The van der Waals surface area contributed by atoms with Crippen LogP contribution in [0.5, 0.6) is 0 Å². The van der Waals surface area contributed by atoms with Crippen molar-refractivity contribution in [1.82, 2.24) is 10.2 Å². The number of carboxylic acid groups (broad SMARTS) is 1. The monoisotopic (exact) mass is 310 g/mol. The van der Waals surface area contributed by atoms with Gasteiger partial charge < -0.3 is 20.1 Å². The summed E-state index contributed by atoms with van der Waals surface area (Å²) >= 11 is 0. The van der Waals surface area contributed by atoms with Gasteiger partial charge in [0.15, 0.2) is 6.10 Å². The molecule has 4 fully saturated rings. The van der Waals surface area contributed by atoms with Crippen LogP contribution in [0.25, 0.3) is 0 Å². The summed E-state index contributed by atoms with van der Waals surface area (Å²) in [6, 6.07) is 0. The molecule has 4 rings (SSSR count). The minimum Gasteiger partial charge on any atom is -0.465 e. The van der Waals surface area contributed by atoms with E-state index in [1.165, 1.54) is 24.2 Å². The quantitative estimate of drug-likeness (QED) is 0.829. The standard InChI is InChI=1S/C16H26N2O4/c1-16(2)11-4-3-10(12(16)7-11)8-17-14(19)13-9-18(15(20)21)5-6-22-13/h10-13H,3-9H2,1-2H3,(H,17,19)(H,20,21)/t10-,11-,12-,13?/m0/s1. The molecule has 0 spiro atoms. The first kappa shape index (κ1) is 15.6. The summed E-state index contributed by atoms with van der Waals surface area (Å²) in [5, 5.41) is 12.0. The predicted molar refractivity (Wildman–Crippen MR) is 80.4 cm³/mol. The summed E-state index contributed by atoms with van der Waals surface area (Å²) in [5.74, 6) is 1.93. The first-order chi connectivity index (χ1) is 10.4. The van der Waals surface area contributed by atoms with Gasteiger partial charge in [-0.1, -0.05) is 13.8 Å². The highest BCUT2D eigenvalue weighted by Crippen LogP contribution is 2.61. The number of morpholine rings is 1. The Kier molecular flexibility index (Phi) is 4.05.